The van der Waals surface area contributed by atoms with Gasteiger partial charge in [-0.25, -0.2) is 9.78 Å². The zero-order valence-electron chi connectivity index (χ0n) is 14.5. The number of hydrogen-bond donors (Lipinski definition) is 1. The molecule has 2 aromatic rings. The fourth-order valence-electron chi connectivity index (χ4n) is 2.58. The first-order chi connectivity index (χ1) is 11.1. The molecule has 3 amide bonds. The van der Waals surface area contributed by atoms with Crippen molar-refractivity contribution in [1.29, 1.82) is 0 Å². The summed E-state index contributed by atoms with van der Waals surface area (Å²) >= 11 is 0. The molecule has 8 heteroatoms. The molecule has 8 nitrogen and oxygen atoms in total. The van der Waals surface area contributed by atoms with Gasteiger partial charge in [0.2, 0.25) is 5.89 Å². The van der Waals surface area contributed by atoms with Crippen LogP contribution in [0.2, 0.25) is 0 Å². The smallest absolute Gasteiger partial charge is 0.325 e. The highest BCUT2D eigenvalue weighted by atomic mass is 16.4. The Morgan fingerprint density at radius 1 is 1.29 bits per heavy atom. The first-order valence-electron chi connectivity index (χ1n) is 7.69. The summed E-state index contributed by atoms with van der Waals surface area (Å²) in [6.07, 6.45) is 4.92. The van der Waals surface area contributed by atoms with Gasteiger partial charge in [-0.05, 0) is 6.92 Å². The molecule has 1 fully saturated rings. The molecule has 1 N–H and O–H groups in total. The maximum Gasteiger partial charge on any atom is 0.325 e. The number of aromatic nitrogens is 3. The second-order valence-corrected chi connectivity index (χ2v) is 7.22. The lowest BCUT2D eigenvalue weighted by Crippen LogP contribution is -2.40. The van der Waals surface area contributed by atoms with Gasteiger partial charge < -0.3 is 9.73 Å². The quantitative estimate of drug-likeness (QED) is 0.864. The molecule has 3 rings (SSSR count). The van der Waals surface area contributed by atoms with E-state index in [1.807, 2.05) is 20.8 Å². The molecule has 1 unspecified atom stereocenters. The molecule has 0 saturated carbocycles. The second-order valence-electron chi connectivity index (χ2n) is 7.22. The Morgan fingerprint density at radius 3 is 2.54 bits per heavy atom. The lowest BCUT2D eigenvalue weighted by molar-refractivity contribution is -0.131. The fourth-order valence-corrected chi connectivity index (χ4v) is 2.58. The average Bonchev–Trinajstić information content (AvgIpc) is 3.15. The topological polar surface area (TPSA) is 93.3 Å². The minimum absolute atomic E-state index is 0.00337. The van der Waals surface area contributed by atoms with Crippen LogP contribution in [0, 0.1) is 0 Å². The number of hydrogen-bond acceptors (Lipinski definition) is 5. The van der Waals surface area contributed by atoms with Crippen LogP contribution in [0.3, 0.4) is 0 Å². The predicted octanol–water partition coefficient (Wildman–Crippen LogP) is 1.67. The van der Waals surface area contributed by atoms with Crippen LogP contribution in [-0.4, -0.2) is 31.6 Å². The molecule has 1 atom stereocenters. The Kier molecular flexibility index (Phi) is 3.51. The number of amides is 3. The van der Waals surface area contributed by atoms with Gasteiger partial charge >= 0.3 is 6.03 Å². The van der Waals surface area contributed by atoms with Crippen LogP contribution in [0.1, 0.15) is 44.9 Å². The van der Waals surface area contributed by atoms with Crippen molar-refractivity contribution in [2.45, 2.75) is 45.2 Å². The van der Waals surface area contributed by atoms with Crippen molar-refractivity contribution in [3.8, 4) is 0 Å². The Labute approximate surface area is 139 Å². The first kappa shape index (κ1) is 16.2. The van der Waals surface area contributed by atoms with E-state index in [1.54, 1.807) is 37.2 Å². The average molecular weight is 331 g/mol. The van der Waals surface area contributed by atoms with Gasteiger partial charge in [0.25, 0.3) is 5.91 Å². The third kappa shape index (κ3) is 2.57. The Morgan fingerprint density at radius 2 is 2.00 bits per heavy atom. The monoisotopic (exact) mass is 331 g/mol. The molecular formula is C16H21N5O3. The lowest BCUT2D eigenvalue weighted by Gasteiger charge is -2.19. The molecule has 128 valence electrons. The van der Waals surface area contributed by atoms with Crippen molar-refractivity contribution in [1.82, 2.24) is 25.0 Å². The fraction of sp³-hybridized carbons (Fsp3) is 0.500. The first-order valence-corrected chi connectivity index (χ1v) is 7.69. The lowest BCUT2D eigenvalue weighted by atomic mass is 9.94. The maximum atomic E-state index is 12.8. The van der Waals surface area contributed by atoms with Crippen molar-refractivity contribution < 1.29 is 14.0 Å². The standard InChI is InChI=1S/C16H21N5O3/c1-15(2,3)11-7-17-12(24-11)9-21-13(22)16(4,19-14(21)23)10-6-18-20(5)8-10/h6-8H,9H2,1-5H3,(H,19,23). The van der Waals surface area contributed by atoms with E-state index in [2.05, 4.69) is 15.4 Å². The van der Waals surface area contributed by atoms with Crippen LogP contribution < -0.4 is 5.32 Å². The van der Waals surface area contributed by atoms with Gasteiger partial charge in [-0.1, -0.05) is 20.8 Å². The molecule has 0 radical (unpaired) electrons. The molecule has 1 aliphatic rings. The van der Waals surface area contributed by atoms with E-state index in [-0.39, 0.29) is 17.9 Å². The van der Waals surface area contributed by atoms with Crippen LogP contribution in [0.5, 0.6) is 0 Å². The van der Waals surface area contributed by atoms with Gasteiger partial charge in [0.15, 0.2) is 0 Å². The van der Waals surface area contributed by atoms with Gasteiger partial charge in [-0.15, -0.1) is 0 Å². The Bertz CT molecular complexity index is 801. The molecule has 0 bridgehead atoms. The van der Waals surface area contributed by atoms with Crippen molar-refractivity contribution in [2.24, 2.45) is 7.05 Å². The third-order valence-electron chi connectivity index (χ3n) is 4.14. The zero-order chi connectivity index (χ0) is 17.7. The highest BCUT2D eigenvalue weighted by molar-refractivity contribution is 6.07. The molecule has 1 aliphatic heterocycles. The molecule has 0 aliphatic carbocycles. The van der Waals surface area contributed by atoms with E-state index in [9.17, 15) is 9.59 Å². The number of rotatable bonds is 3. The zero-order valence-corrected chi connectivity index (χ0v) is 14.5. The molecule has 1 saturated heterocycles. The number of oxazole rings is 1. The van der Waals surface area contributed by atoms with Crippen molar-refractivity contribution in [2.75, 3.05) is 0 Å². The van der Waals surface area contributed by atoms with Crippen LogP contribution in [-0.2, 0) is 29.3 Å². The third-order valence-corrected chi connectivity index (χ3v) is 4.14. The summed E-state index contributed by atoms with van der Waals surface area (Å²) in [7, 11) is 1.76. The molecule has 2 aromatic heterocycles. The van der Waals surface area contributed by atoms with Gasteiger partial charge in [-0.2, -0.15) is 5.10 Å². The van der Waals surface area contributed by atoms with Gasteiger partial charge in [0.1, 0.15) is 17.8 Å². The van der Waals surface area contributed by atoms with E-state index in [0.29, 0.717) is 17.2 Å². The summed E-state index contributed by atoms with van der Waals surface area (Å²) in [5.41, 5.74) is -0.689. The van der Waals surface area contributed by atoms with E-state index >= 15 is 0 Å². The Balaban J connectivity index is 1.84. The van der Waals surface area contributed by atoms with Crippen LogP contribution in [0.4, 0.5) is 4.79 Å². The summed E-state index contributed by atoms with van der Waals surface area (Å²) in [5.74, 6) is 0.689. The van der Waals surface area contributed by atoms with Gasteiger partial charge in [0, 0.05) is 24.2 Å². The minimum Gasteiger partial charge on any atom is -0.443 e. The van der Waals surface area contributed by atoms with E-state index < -0.39 is 11.6 Å². The summed E-state index contributed by atoms with van der Waals surface area (Å²) in [4.78, 5) is 30.4. The molecule has 0 aromatic carbocycles. The SMILES string of the molecule is Cn1cc(C2(C)NC(=O)N(Cc3ncc(C(C)(C)C)o3)C2=O)cn1. The largest absolute Gasteiger partial charge is 0.443 e. The summed E-state index contributed by atoms with van der Waals surface area (Å²) < 4.78 is 7.27. The van der Waals surface area contributed by atoms with E-state index in [1.165, 1.54) is 0 Å². The number of carbonyl (C=O) groups is 2. The van der Waals surface area contributed by atoms with Crippen molar-refractivity contribution in [3.05, 3.63) is 35.8 Å². The minimum atomic E-state index is -1.13. The number of imide groups is 1. The highest BCUT2D eigenvalue weighted by Crippen LogP contribution is 2.30. The predicted molar refractivity (Wildman–Crippen MR) is 84.8 cm³/mol. The van der Waals surface area contributed by atoms with Gasteiger partial charge in [0.05, 0.1) is 12.4 Å². The highest BCUT2D eigenvalue weighted by Gasteiger charge is 2.50. The van der Waals surface area contributed by atoms with Crippen molar-refractivity contribution in [3.63, 3.8) is 0 Å². The molecule has 0 spiro atoms. The number of nitrogens with one attached hydrogen (secondary N) is 1. The molecular weight excluding hydrogens is 310 g/mol. The normalized spacial score (nSPS) is 21.5. The van der Waals surface area contributed by atoms with Crippen LogP contribution in [0.25, 0.3) is 0 Å². The maximum absolute atomic E-state index is 12.8. The van der Waals surface area contributed by atoms with Crippen LogP contribution >= 0.6 is 0 Å². The van der Waals surface area contributed by atoms with E-state index in [0.717, 1.165) is 4.90 Å². The van der Waals surface area contributed by atoms with Gasteiger partial charge in [-0.3, -0.25) is 14.4 Å². The number of aryl methyl sites for hydroxylation is 1. The van der Waals surface area contributed by atoms with E-state index in [4.69, 9.17) is 4.42 Å². The second kappa shape index (κ2) is 5.19. The number of urea groups is 1. The number of carbonyl (C=O) groups excluding carboxylic acids is 2. The summed E-state index contributed by atoms with van der Waals surface area (Å²) in [6.45, 7) is 7.68. The summed E-state index contributed by atoms with van der Waals surface area (Å²) in [5, 5.41) is 6.80. The summed E-state index contributed by atoms with van der Waals surface area (Å²) in [6, 6.07) is -0.470. The Hall–Kier alpha value is -2.64. The molecule has 3 heterocycles. The molecule has 24 heavy (non-hydrogen) atoms. The number of nitrogens with zero attached hydrogens (tertiary/aromatic N) is 4. The van der Waals surface area contributed by atoms with Crippen molar-refractivity contribution >= 4 is 11.9 Å². The van der Waals surface area contributed by atoms with Crippen LogP contribution in [0.15, 0.2) is 23.0 Å².